The van der Waals surface area contributed by atoms with Gasteiger partial charge in [-0.3, -0.25) is 0 Å². The van der Waals surface area contributed by atoms with Gasteiger partial charge in [0, 0.05) is 10.8 Å². The van der Waals surface area contributed by atoms with Gasteiger partial charge in [0.1, 0.15) is 0 Å². The Labute approximate surface area is 76.6 Å². The van der Waals surface area contributed by atoms with Crippen molar-refractivity contribution in [2.24, 2.45) is 0 Å². The van der Waals surface area contributed by atoms with Crippen molar-refractivity contribution < 1.29 is 0 Å². The van der Waals surface area contributed by atoms with E-state index in [1.54, 1.807) is 0 Å². The van der Waals surface area contributed by atoms with E-state index >= 15 is 0 Å². The predicted molar refractivity (Wildman–Crippen MR) is 37.0 cm³/mol. The number of nitrogens with zero attached hydrogens (tertiary/aromatic N) is 2. The van der Waals surface area contributed by atoms with Crippen LogP contribution in [0.3, 0.4) is 0 Å². The molecule has 0 fully saturated rings. The summed E-state index contributed by atoms with van der Waals surface area (Å²) in [7, 11) is 0. The van der Waals surface area contributed by atoms with E-state index in [0.717, 1.165) is 0 Å². The fourth-order valence-electron chi connectivity index (χ4n) is 0.385. The van der Waals surface area contributed by atoms with Crippen LogP contribution in [-0.4, -0.2) is 29.6 Å². The standard InChI is InChI=1S/C6H6.N2.Na.H/c1-2-4-6-5-3-1;1-2;;/h1-6H;;;. The summed E-state index contributed by atoms with van der Waals surface area (Å²) >= 11 is 0. The Morgan fingerprint density at radius 1 is 0.556 bits per heavy atom. The first-order chi connectivity index (χ1) is 4.00. The van der Waals surface area contributed by atoms with E-state index in [-0.39, 0.29) is 29.6 Å². The Bertz CT molecular complexity index is 112. The topological polar surface area (TPSA) is 47.6 Å². The second-order valence-electron chi connectivity index (χ2n) is 1.15. The molecule has 0 aliphatic heterocycles. The third-order valence-electron chi connectivity index (χ3n) is 0.667. The summed E-state index contributed by atoms with van der Waals surface area (Å²) in [5.74, 6) is 0. The van der Waals surface area contributed by atoms with E-state index in [9.17, 15) is 0 Å². The molecule has 0 atom stereocenters. The molecule has 0 spiro atoms. The molecule has 1 aromatic carbocycles. The van der Waals surface area contributed by atoms with Crippen LogP contribution in [-0.2, 0) is 0 Å². The fourth-order valence-corrected chi connectivity index (χ4v) is 0.385. The molecule has 0 radical (unpaired) electrons. The number of benzene rings is 1. The van der Waals surface area contributed by atoms with E-state index in [1.165, 1.54) is 0 Å². The molecule has 3 heteroatoms. The average molecular weight is 130 g/mol. The fraction of sp³-hybridized carbons (Fsp3) is 0. The summed E-state index contributed by atoms with van der Waals surface area (Å²) in [4.78, 5) is 0. The Hall–Kier alpha value is -0.360. The molecule has 0 unspecified atom stereocenters. The van der Waals surface area contributed by atoms with Crippen LogP contribution in [0.25, 0.3) is 0 Å². The molecule has 0 aliphatic rings. The minimum Gasteiger partial charge on any atom is -0.0623 e. The Balaban J connectivity index is 0. The van der Waals surface area contributed by atoms with Crippen molar-refractivity contribution in [2.75, 3.05) is 0 Å². The second kappa shape index (κ2) is 10.6. The minimum atomic E-state index is 0. The SMILES string of the molecule is N#N.[NaH].c1ccccc1. The maximum absolute atomic E-state index is 6.00. The van der Waals surface area contributed by atoms with Gasteiger partial charge >= 0.3 is 29.6 Å². The van der Waals surface area contributed by atoms with Gasteiger partial charge < -0.3 is 0 Å². The third kappa shape index (κ3) is 7.64. The first kappa shape index (κ1) is 11.4. The molecule has 9 heavy (non-hydrogen) atoms. The molecule has 42 valence electrons. The molecule has 2 nitrogen and oxygen atoms in total. The average Bonchev–Trinajstić information content (AvgIpc) is 1.96. The van der Waals surface area contributed by atoms with E-state index in [1.807, 2.05) is 36.4 Å². The van der Waals surface area contributed by atoms with E-state index in [2.05, 4.69) is 0 Å². The largest absolute Gasteiger partial charge is 0.0623 e. The number of rotatable bonds is 0. The normalized spacial score (nSPS) is 5.56. The second-order valence-corrected chi connectivity index (χ2v) is 1.15. The van der Waals surface area contributed by atoms with Gasteiger partial charge in [0.05, 0.1) is 0 Å². The Kier molecular flexibility index (Phi) is 13.5. The van der Waals surface area contributed by atoms with Crippen LogP contribution in [0, 0.1) is 10.8 Å². The number of hydrogen-bond acceptors (Lipinski definition) is 2. The van der Waals surface area contributed by atoms with Crippen LogP contribution in [0.4, 0.5) is 0 Å². The summed E-state index contributed by atoms with van der Waals surface area (Å²) in [6.45, 7) is 0. The molecule has 0 aliphatic carbocycles. The molecule has 1 aromatic rings. The summed E-state index contributed by atoms with van der Waals surface area (Å²) in [6, 6.07) is 12.0. The molecule has 0 N–H and O–H groups in total. The number of hydrogen-bond donors (Lipinski definition) is 0. The summed E-state index contributed by atoms with van der Waals surface area (Å²) < 4.78 is 0. The van der Waals surface area contributed by atoms with E-state index < -0.39 is 0 Å². The third-order valence-corrected chi connectivity index (χ3v) is 0.667. The van der Waals surface area contributed by atoms with Gasteiger partial charge in [-0.2, -0.15) is 0 Å². The summed E-state index contributed by atoms with van der Waals surface area (Å²) in [5, 5.41) is 12.0. The first-order valence-corrected chi connectivity index (χ1v) is 2.20. The van der Waals surface area contributed by atoms with Gasteiger partial charge in [-0.1, -0.05) is 36.4 Å². The molecular formula is C6H7N2Na. The summed E-state index contributed by atoms with van der Waals surface area (Å²) in [5.41, 5.74) is 0. The van der Waals surface area contributed by atoms with Crippen molar-refractivity contribution in [3.8, 4) is 0 Å². The monoisotopic (exact) mass is 130 g/mol. The van der Waals surface area contributed by atoms with Crippen LogP contribution < -0.4 is 0 Å². The molecule has 0 amide bonds. The maximum atomic E-state index is 6.00. The van der Waals surface area contributed by atoms with Gasteiger partial charge in [-0.25, -0.2) is 0 Å². The van der Waals surface area contributed by atoms with Crippen LogP contribution in [0.5, 0.6) is 0 Å². The van der Waals surface area contributed by atoms with Crippen LogP contribution >= 0.6 is 0 Å². The molecule has 0 heterocycles. The molecule has 0 bridgehead atoms. The summed E-state index contributed by atoms with van der Waals surface area (Å²) in [6.07, 6.45) is 0. The van der Waals surface area contributed by atoms with Crippen LogP contribution in [0.1, 0.15) is 0 Å². The van der Waals surface area contributed by atoms with Crippen LogP contribution in [0.15, 0.2) is 36.4 Å². The van der Waals surface area contributed by atoms with Gasteiger partial charge in [0.25, 0.3) is 0 Å². The van der Waals surface area contributed by atoms with Crippen molar-refractivity contribution in [2.45, 2.75) is 0 Å². The molecule has 0 saturated carbocycles. The van der Waals surface area contributed by atoms with Crippen molar-refractivity contribution in [1.82, 2.24) is 0 Å². The zero-order valence-electron chi connectivity index (χ0n) is 4.36. The molecular weight excluding hydrogens is 123 g/mol. The minimum absolute atomic E-state index is 0. The van der Waals surface area contributed by atoms with Gasteiger partial charge in [0.15, 0.2) is 0 Å². The van der Waals surface area contributed by atoms with E-state index in [0.29, 0.717) is 0 Å². The Morgan fingerprint density at radius 3 is 0.778 bits per heavy atom. The first-order valence-electron chi connectivity index (χ1n) is 2.20. The van der Waals surface area contributed by atoms with Crippen molar-refractivity contribution >= 4 is 29.6 Å². The Morgan fingerprint density at radius 2 is 0.667 bits per heavy atom. The van der Waals surface area contributed by atoms with Gasteiger partial charge in [-0.05, 0) is 0 Å². The smallest absolute Gasteiger partial charge is 0.0623 e. The molecule has 0 aromatic heterocycles. The van der Waals surface area contributed by atoms with Crippen molar-refractivity contribution in [3.05, 3.63) is 36.4 Å². The van der Waals surface area contributed by atoms with Crippen molar-refractivity contribution in [1.29, 1.82) is 10.8 Å². The molecule has 1 rings (SSSR count). The van der Waals surface area contributed by atoms with Crippen molar-refractivity contribution in [3.63, 3.8) is 0 Å². The van der Waals surface area contributed by atoms with E-state index in [4.69, 9.17) is 10.8 Å². The maximum Gasteiger partial charge on any atom is -0.0623 e. The quantitative estimate of drug-likeness (QED) is 0.389. The zero-order chi connectivity index (χ0) is 6.24. The predicted octanol–water partition coefficient (Wildman–Crippen LogP) is 1.07. The van der Waals surface area contributed by atoms with Crippen LogP contribution in [0.2, 0.25) is 0 Å². The molecule has 0 saturated heterocycles. The van der Waals surface area contributed by atoms with Gasteiger partial charge in [-0.15, -0.1) is 0 Å². The zero-order valence-corrected chi connectivity index (χ0v) is 4.36. The van der Waals surface area contributed by atoms with Gasteiger partial charge in [0.2, 0.25) is 0 Å².